The molecule has 0 aliphatic carbocycles. The van der Waals surface area contributed by atoms with Gasteiger partial charge in [0.15, 0.2) is 12.6 Å². The first-order valence-corrected chi connectivity index (χ1v) is 10.8. The van der Waals surface area contributed by atoms with Crippen LogP contribution in [0, 0.1) is 0 Å². The zero-order valence-electron chi connectivity index (χ0n) is 18.3. The highest BCUT2D eigenvalue weighted by molar-refractivity contribution is 14.0. The molecule has 32 heavy (non-hydrogen) atoms. The van der Waals surface area contributed by atoms with E-state index in [2.05, 4.69) is 32.0 Å². The van der Waals surface area contributed by atoms with Crippen molar-refractivity contribution in [2.45, 2.75) is 13.3 Å². The van der Waals surface area contributed by atoms with Gasteiger partial charge in [-0.25, -0.2) is 9.97 Å². The summed E-state index contributed by atoms with van der Waals surface area (Å²) >= 11 is 0. The van der Waals surface area contributed by atoms with Gasteiger partial charge < -0.3 is 24.8 Å². The summed E-state index contributed by atoms with van der Waals surface area (Å²) in [6.45, 7) is 7.69. The second-order valence-corrected chi connectivity index (χ2v) is 7.41. The van der Waals surface area contributed by atoms with Crippen molar-refractivity contribution in [2.24, 2.45) is 4.99 Å². The summed E-state index contributed by atoms with van der Waals surface area (Å²) < 4.78 is 5.51. The van der Waals surface area contributed by atoms with Crippen LogP contribution in [0.5, 0.6) is 5.75 Å². The molecule has 1 N–H and O–H groups in total. The van der Waals surface area contributed by atoms with E-state index in [-0.39, 0.29) is 36.5 Å². The molecule has 10 heteroatoms. The molecule has 0 unspecified atom stereocenters. The van der Waals surface area contributed by atoms with Gasteiger partial charge in [0.05, 0.1) is 5.69 Å². The van der Waals surface area contributed by atoms with Crippen LogP contribution in [0.4, 0.5) is 11.6 Å². The average Bonchev–Trinajstić information content (AvgIpc) is 2.83. The third-order valence-corrected chi connectivity index (χ3v) is 5.36. The number of ether oxygens (including phenoxy) is 1. The maximum atomic E-state index is 12.3. The molecule has 9 nitrogen and oxygen atoms in total. The van der Waals surface area contributed by atoms with Crippen LogP contribution in [0.15, 0.2) is 47.7 Å². The Morgan fingerprint density at radius 2 is 1.88 bits per heavy atom. The Morgan fingerprint density at radius 3 is 2.62 bits per heavy atom. The molecule has 2 aliphatic heterocycles. The molecule has 172 valence electrons. The fraction of sp³-hybridized carbons (Fsp3) is 0.455. The number of carbonyl (C=O) groups is 1. The molecule has 4 rings (SSSR count). The number of piperazine rings is 1. The molecule has 1 amide bonds. The Bertz CT molecular complexity index is 904. The van der Waals surface area contributed by atoms with Crippen molar-refractivity contribution < 1.29 is 9.53 Å². The van der Waals surface area contributed by atoms with Gasteiger partial charge in [-0.3, -0.25) is 9.79 Å². The van der Waals surface area contributed by atoms with Crippen molar-refractivity contribution in [3.63, 3.8) is 0 Å². The topological polar surface area (TPSA) is 86.2 Å². The number of fused-ring (bicyclic) bond motifs is 1. The highest BCUT2D eigenvalue weighted by atomic mass is 127. The van der Waals surface area contributed by atoms with E-state index in [1.807, 2.05) is 30.3 Å². The maximum absolute atomic E-state index is 12.3. The van der Waals surface area contributed by atoms with Crippen LogP contribution in [0.3, 0.4) is 0 Å². The number of nitrogens with one attached hydrogen (secondary N) is 1. The van der Waals surface area contributed by atoms with Crippen molar-refractivity contribution in [3.05, 3.63) is 42.7 Å². The third-order valence-electron chi connectivity index (χ3n) is 5.36. The zero-order valence-corrected chi connectivity index (χ0v) is 20.6. The van der Waals surface area contributed by atoms with Crippen LogP contribution >= 0.6 is 24.0 Å². The fourth-order valence-corrected chi connectivity index (χ4v) is 3.81. The summed E-state index contributed by atoms with van der Waals surface area (Å²) in [7, 11) is 0. The zero-order chi connectivity index (χ0) is 21.5. The largest absolute Gasteiger partial charge is 0.482 e. The normalized spacial score (nSPS) is 16.2. The SMILES string of the molecule is CCNC(=NCCCN1C(=O)COc2ccccc21)N1CCN(c2ncccn2)CC1.I. The molecule has 1 aromatic heterocycles. The van der Waals surface area contributed by atoms with Gasteiger partial charge in [0.2, 0.25) is 5.95 Å². The summed E-state index contributed by atoms with van der Waals surface area (Å²) in [6, 6.07) is 9.50. The van der Waals surface area contributed by atoms with E-state index in [0.717, 1.165) is 62.5 Å². The molecule has 2 aromatic rings. The number of aromatic nitrogens is 2. The van der Waals surface area contributed by atoms with Gasteiger partial charge in [0, 0.05) is 58.2 Å². The van der Waals surface area contributed by atoms with Crippen LogP contribution in [-0.4, -0.2) is 79.2 Å². The molecule has 0 saturated carbocycles. The van der Waals surface area contributed by atoms with Crippen molar-refractivity contribution in [1.82, 2.24) is 20.2 Å². The average molecular weight is 551 g/mol. The molecule has 0 atom stereocenters. The first-order chi connectivity index (χ1) is 15.3. The first-order valence-electron chi connectivity index (χ1n) is 10.8. The van der Waals surface area contributed by atoms with Crippen LogP contribution in [-0.2, 0) is 4.79 Å². The van der Waals surface area contributed by atoms with Crippen molar-refractivity contribution >= 4 is 47.5 Å². The van der Waals surface area contributed by atoms with E-state index in [0.29, 0.717) is 13.1 Å². The Kier molecular flexibility index (Phi) is 8.89. The predicted molar refractivity (Wildman–Crippen MR) is 136 cm³/mol. The lowest BCUT2D eigenvalue weighted by molar-refractivity contribution is -0.121. The van der Waals surface area contributed by atoms with Gasteiger partial charge in [-0.1, -0.05) is 12.1 Å². The van der Waals surface area contributed by atoms with E-state index >= 15 is 0 Å². The van der Waals surface area contributed by atoms with Crippen LogP contribution in [0.2, 0.25) is 0 Å². The van der Waals surface area contributed by atoms with E-state index in [1.165, 1.54) is 0 Å². The summed E-state index contributed by atoms with van der Waals surface area (Å²) in [5, 5.41) is 3.40. The number of anilines is 2. The number of benzene rings is 1. The van der Waals surface area contributed by atoms with Gasteiger partial charge in [-0.15, -0.1) is 24.0 Å². The number of hydrogen-bond acceptors (Lipinski definition) is 6. The lowest BCUT2D eigenvalue weighted by Gasteiger charge is -2.36. The van der Waals surface area contributed by atoms with Gasteiger partial charge >= 0.3 is 0 Å². The molecule has 0 radical (unpaired) electrons. The quantitative estimate of drug-likeness (QED) is 0.255. The molecule has 1 aromatic carbocycles. The molecule has 3 heterocycles. The van der Waals surface area contributed by atoms with E-state index in [1.54, 1.807) is 17.3 Å². The number of guanidine groups is 1. The molecule has 2 aliphatic rings. The number of aliphatic imine (C=N–C) groups is 1. The third kappa shape index (κ3) is 5.78. The smallest absolute Gasteiger partial charge is 0.265 e. The summed E-state index contributed by atoms with van der Waals surface area (Å²) in [5.74, 6) is 2.46. The number of hydrogen-bond donors (Lipinski definition) is 1. The highest BCUT2D eigenvalue weighted by Gasteiger charge is 2.25. The van der Waals surface area contributed by atoms with Crippen molar-refractivity contribution in [3.8, 4) is 5.75 Å². The maximum Gasteiger partial charge on any atom is 0.265 e. The number of amides is 1. The molecular weight excluding hydrogens is 521 g/mol. The summed E-state index contributed by atoms with van der Waals surface area (Å²) in [5.41, 5.74) is 0.842. The minimum Gasteiger partial charge on any atom is -0.482 e. The molecule has 0 spiro atoms. The van der Waals surface area contributed by atoms with Crippen LogP contribution in [0.25, 0.3) is 0 Å². The van der Waals surface area contributed by atoms with Gasteiger partial charge in [0.1, 0.15) is 5.75 Å². The van der Waals surface area contributed by atoms with Crippen LogP contribution in [0.1, 0.15) is 13.3 Å². The second kappa shape index (κ2) is 11.8. The Labute approximate surface area is 205 Å². The standard InChI is InChI=1S/C22H29N7O2.HI/c1-2-23-21(27-13-15-28(16-14-27)22-24-9-5-10-25-22)26-11-6-12-29-18-7-3-4-8-19(18)31-17-20(29)30;/h3-5,7-10H,2,6,11-17H2,1H3,(H,23,26);1H. The van der Waals surface area contributed by atoms with Crippen LogP contribution < -0.4 is 19.9 Å². The summed E-state index contributed by atoms with van der Waals surface area (Å²) in [6.07, 6.45) is 4.34. The monoisotopic (exact) mass is 551 g/mol. The molecule has 1 fully saturated rings. The summed E-state index contributed by atoms with van der Waals surface area (Å²) in [4.78, 5) is 32.1. The Hall–Kier alpha value is -2.63. The number of carbonyl (C=O) groups excluding carboxylic acids is 1. The van der Waals surface area contributed by atoms with Gasteiger partial charge in [-0.2, -0.15) is 0 Å². The lowest BCUT2D eigenvalue weighted by Crippen LogP contribution is -2.53. The van der Waals surface area contributed by atoms with Crippen molar-refractivity contribution in [2.75, 3.05) is 62.2 Å². The van der Waals surface area contributed by atoms with E-state index in [9.17, 15) is 4.79 Å². The highest BCUT2D eigenvalue weighted by Crippen LogP contribution is 2.31. The first kappa shape index (κ1) is 24.0. The van der Waals surface area contributed by atoms with E-state index in [4.69, 9.17) is 9.73 Å². The molecule has 0 bridgehead atoms. The van der Waals surface area contributed by atoms with Gasteiger partial charge in [0.25, 0.3) is 5.91 Å². The Morgan fingerprint density at radius 1 is 1.12 bits per heavy atom. The van der Waals surface area contributed by atoms with E-state index < -0.39 is 0 Å². The molecular formula is C22H30IN7O2. The number of rotatable bonds is 6. The van der Waals surface area contributed by atoms with Gasteiger partial charge in [-0.05, 0) is 31.5 Å². The van der Waals surface area contributed by atoms with Crippen molar-refractivity contribution in [1.29, 1.82) is 0 Å². The minimum atomic E-state index is -0.00570. The lowest BCUT2D eigenvalue weighted by atomic mass is 10.2. The molecule has 1 saturated heterocycles. The number of halogens is 1. The predicted octanol–water partition coefficient (Wildman–Crippen LogP) is 2.00. The second-order valence-electron chi connectivity index (χ2n) is 7.41. The number of nitrogens with zero attached hydrogens (tertiary/aromatic N) is 6. The minimum absolute atomic E-state index is 0. The fourth-order valence-electron chi connectivity index (χ4n) is 3.81. The number of para-hydroxylation sites is 2. The Balaban J connectivity index is 0.00000289.